The second-order valence-electron chi connectivity index (χ2n) is 4.45. The molecule has 1 aromatic carbocycles. The van der Waals surface area contributed by atoms with E-state index in [1.807, 2.05) is 30.3 Å². The molecule has 1 atom stereocenters. The molecule has 0 saturated carbocycles. The van der Waals surface area contributed by atoms with Gasteiger partial charge in [0.2, 0.25) is 5.13 Å². The number of hydrogen-bond donors (Lipinski definition) is 2. The smallest absolute Gasteiger partial charge is 0.312 e. The zero-order valence-electron chi connectivity index (χ0n) is 11.2. The predicted molar refractivity (Wildman–Crippen MR) is 79.2 cm³/mol. The van der Waals surface area contributed by atoms with E-state index in [1.165, 1.54) is 11.5 Å². The summed E-state index contributed by atoms with van der Waals surface area (Å²) in [5, 5.41) is 13.1. The Hall–Kier alpha value is -1.95. The van der Waals surface area contributed by atoms with Gasteiger partial charge in [-0.1, -0.05) is 37.3 Å². The van der Waals surface area contributed by atoms with Crippen molar-refractivity contribution in [1.29, 1.82) is 0 Å². The molecule has 2 N–H and O–H groups in total. The van der Waals surface area contributed by atoms with Crippen LogP contribution in [0.5, 0.6) is 0 Å². The first kappa shape index (κ1) is 14.5. The van der Waals surface area contributed by atoms with Gasteiger partial charge >= 0.3 is 5.97 Å². The Bertz CT molecular complexity index is 557. The average Bonchev–Trinajstić information content (AvgIpc) is 2.88. The lowest BCUT2D eigenvalue weighted by molar-refractivity contribution is -0.138. The van der Waals surface area contributed by atoms with E-state index in [-0.39, 0.29) is 0 Å². The summed E-state index contributed by atoms with van der Waals surface area (Å²) in [6, 6.07) is 9.20. The van der Waals surface area contributed by atoms with Crippen molar-refractivity contribution in [1.82, 2.24) is 9.36 Å². The molecular formula is C14H17N3O2S. The van der Waals surface area contributed by atoms with Gasteiger partial charge in [0.25, 0.3) is 0 Å². The monoisotopic (exact) mass is 291 g/mol. The van der Waals surface area contributed by atoms with Crippen LogP contribution < -0.4 is 5.32 Å². The Balaban J connectivity index is 2.00. The van der Waals surface area contributed by atoms with Crippen molar-refractivity contribution >= 4 is 22.6 Å². The highest BCUT2D eigenvalue weighted by atomic mass is 32.1. The van der Waals surface area contributed by atoms with E-state index in [0.29, 0.717) is 11.7 Å². The van der Waals surface area contributed by atoms with Crippen LogP contribution in [0.3, 0.4) is 0 Å². The number of benzene rings is 1. The fourth-order valence-corrected chi connectivity index (χ4v) is 2.49. The summed E-state index contributed by atoms with van der Waals surface area (Å²) in [5.41, 5.74) is 0.783. The van der Waals surface area contributed by atoms with Crippen molar-refractivity contribution < 1.29 is 9.90 Å². The lowest BCUT2D eigenvalue weighted by Crippen LogP contribution is -2.20. The van der Waals surface area contributed by atoms with E-state index in [1.54, 1.807) is 0 Å². The van der Waals surface area contributed by atoms with Gasteiger partial charge in [-0.3, -0.25) is 4.79 Å². The predicted octanol–water partition coefficient (Wildman–Crippen LogP) is 2.77. The SMILES string of the molecule is CCCc1nsc(NCC(C(=O)O)c2ccccc2)n1. The third kappa shape index (κ3) is 3.77. The van der Waals surface area contributed by atoms with E-state index < -0.39 is 11.9 Å². The molecule has 1 aromatic heterocycles. The molecule has 0 amide bonds. The highest BCUT2D eigenvalue weighted by molar-refractivity contribution is 7.09. The zero-order chi connectivity index (χ0) is 14.4. The Morgan fingerprint density at radius 1 is 1.40 bits per heavy atom. The highest BCUT2D eigenvalue weighted by Crippen LogP contribution is 2.18. The summed E-state index contributed by atoms with van der Waals surface area (Å²) in [6.45, 7) is 2.38. The number of aryl methyl sites for hydroxylation is 1. The molecule has 0 fully saturated rings. The largest absolute Gasteiger partial charge is 0.481 e. The van der Waals surface area contributed by atoms with E-state index >= 15 is 0 Å². The van der Waals surface area contributed by atoms with Gasteiger partial charge in [0.1, 0.15) is 5.82 Å². The van der Waals surface area contributed by atoms with Gasteiger partial charge in [-0.15, -0.1) is 0 Å². The van der Waals surface area contributed by atoms with E-state index in [4.69, 9.17) is 0 Å². The molecule has 6 heteroatoms. The van der Waals surface area contributed by atoms with E-state index in [2.05, 4.69) is 21.6 Å². The molecule has 20 heavy (non-hydrogen) atoms. The van der Waals surface area contributed by atoms with Crippen LogP contribution in [0.15, 0.2) is 30.3 Å². The topological polar surface area (TPSA) is 75.1 Å². The minimum atomic E-state index is -0.845. The number of hydrogen-bond acceptors (Lipinski definition) is 5. The van der Waals surface area contributed by atoms with Crippen LogP contribution >= 0.6 is 11.5 Å². The lowest BCUT2D eigenvalue weighted by Gasteiger charge is -2.12. The maximum Gasteiger partial charge on any atom is 0.312 e. The Kier molecular flexibility index (Phi) is 5.06. The third-order valence-corrected chi connectivity index (χ3v) is 3.61. The summed E-state index contributed by atoms with van der Waals surface area (Å²) in [4.78, 5) is 15.7. The van der Waals surface area contributed by atoms with Crippen LogP contribution in [0.1, 0.15) is 30.7 Å². The molecule has 0 bridgehead atoms. The van der Waals surface area contributed by atoms with Gasteiger partial charge in [-0.2, -0.15) is 4.37 Å². The van der Waals surface area contributed by atoms with Crippen molar-refractivity contribution in [2.75, 3.05) is 11.9 Å². The molecule has 1 unspecified atom stereocenters. The van der Waals surface area contributed by atoms with Crippen molar-refractivity contribution in [3.05, 3.63) is 41.7 Å². The molecule has 0 spiro atoms. The van der Waals surface area contributed by atoms with Gasteiger partial charge in [0.15, 0.2) is 0 Å². The molecule has 0 saturated heterocycles. The van der Waals surface area contributed by atoms with Crippen molar-refractivity contribution in [3.63, 3.8) is 0 Å². The number of rotatable bonds is 7. The molecule has 2 rings (SSSR count). The van der Waals surface area contributed by atoms with Gasteiger partial charge in [0, 0.05) is 24.5 Å². The molecule has 0 aliphatic carbocycles. The van der Waals surface area contributed by atoms with Crippen LogP contribution in [-0.4, -0.2) is 27.0 Å². The fraction of sp³-hybridized carbons (Fsp3) is 0.357. The molecule has 0 aliphatic heterocycles. The molecule has 1 heterocycles. The second kappa shape index (κ2) is 7.00. The molecule has 2 aromatic rings. The average molecular weight is 291 g/mol. The summed E-state index contributed by atoms with van der Waals surface area (Å²) >= 11 is 1.27. The summed E-state index contributed by atoms with van der Waals surface area (Å²) in [7, 11) is 0. The molecule has 106 valence electrons. The number of carbonyl (C=O) groups is 1. The maximum absolute atomic E-state index is 11.4. The van der Waals surface area contributed by atoms with Crippen molar-refractivity contribution in [2.45, 2.75) is 25.7 Å². The quantitative estimate of drug-likeness (QED) is 0.820. The molecular weight excluding hydrogens is 274 g/mol. The first-order chi connectivity index (χ1) is 9.70. The van der Waals surface area contributed by atoms with Crippen LogP contribution in [-0.2, 0) is 11.2 Å². The minimum absolute atomic E-state index is 0.306. The third-order valence-electron chi connectivity index (χ3n) is 2.90. The standard InChI is InChI=1S/C14H17N3O2S/c1-2-6-12-16-14(20-17-12)15-9-11(13(18)19)10-7-4-3-5-8-10/h3-5,7-8,11H,2,6,9H2,1H3,(H,18,19)(H,15,16,17). The molecule has 5 nitrogen and oxygen atoms in total. The van der Waals surface area contributed by atoms with Crippen LogP contribution in [0.4, 0.5) is 5.13 Å². The second-order valence-corrected chi connectivity index (χ2v) is 5.20. The normalized spacial score (nSPS) is 12.1. The highest BCUT2D eigenvalue weighted by Gasteiger charge is 2.19. The zero-order valence-corrected chi connectivity index (χ0v) is 12.1. The maximum atomic E-state index is 11.4. The van der Waals surface area contributed by atoms with Crippen LogP contribution in [0.2, 0.25) is 0 Å². The van der Waals surface area contributed by atoms with Crippen LogP contribution in [0.25, 0.3) is 0 Å². The number of nitrogens with one attached hydrogen (secondary N) is 1. The van der Waals surface area contributed by atoms with Gasteiger partial charge in [-0.25, -0.2) is 4.98 Å². The van der Waals surface area contributed by atoms with Crippen LogP contribution in [0, 0.1) is 0 Å². The lowest BCUT2D eigenvalue weighted by atomic mass is 9.99. The number of carboxylic acid groups (broad SMARTS) is 1. The van der Waals surface area contributed by atoms with Gasteiger partial charge in [0.05, 0.1) is 5.92 Å². The summed E-state index contributed by atoms with van der Waals surface area (Å²) in [6.07, 6.45) is 1.84. The summed E-state index contributed by atoms with van der Waals surface area (Å²) in [5.74, 6) is -0.622. The fourth-order valence-electron chi connectivity index (χ4n) is 1.87. The first-order valence-corrected chi connectivity index (χ1v) is 7.32. The van der Waals surface area contributed by atoms with Gasteiger partial charge in [-0.05, 0) is 12.0 Å². The Labute approximate surface area is 121 Å². The molecule has 0 aliphatic rings. The molecule has 0 radical (unpaired) electrons. The number of nitrogens with zero attached hydrogens (tertiary/aromatic N) is 2. The number of aromatic nitrogens is 2. The van der Waals surface area contributed by atoms with Crippen molar-refractivity contribution in [2.24, 2.45) is 0 Å². The number of carboxylic acids is 1. The number of anilines is 1. The number of aliphatic carboxylic acids is 1. The van der Waals surface area contributed by atoms with Crippen molar-refractivity contribution in [3.8, 4) is 0 Å². The van der Waals surface area contributed by atoms with E-state index in [0.717, 1.165) is 24.2 Å². The first-order valence-electron chi connectivity index (χ1n) is 6.55. The van der Waals surface area contributed by atoms with E-state index in [9.17, 15) is 9.90 Å². The Morgan fingerprint density at radius 2 is 2.15 bits per heavy atom. The minimum Gasteiger partial charge on any atom is -0.481 e. The Morgan fingerprint density at radius 3 is 2.80 bits per heavy atom. The summed E-state index contributed by atoms with van der Waals surface area (Å²) < 4.78 is 4.22. The van der Waals surface area contributed by atoms with Gasteiger partial charge < -0.3 is 10.4 Å².